The Balaban J connectivity index is 2.51. The molecule has 0 saturated heterocycles. The van der Waals surface area contributed by atoms with E-state index in [4.69, 9.17) is 0 Å². The molecule has 3 heteroatoms. The van der Waals surface area contributed by atoms with Gasteiger partial charge in [-0.1, -0.05) is 0 Å². The fourth-order valence-electron chi connectivity index (χ4n) is 1.50. The standard InChI is InChI=1S/C10H17NOS/c1-8(7-13-3)11(2)9-4-5-10(12)6-9/h6,8H,4-5,7H2,1-3H3. The van der Waals surface area contributed by atoms with E-state index in [1.807, 2.05) is 11.8 Å². The summed E-state index contributed by atoms with van der Waals surface area (Å²) in [6, 6.07) is 0.521. The van der Waals surface area contributed by atoms with Gasteiger partial charge in [-0.15, -0.1) is 0 Å². The SMILES string of the molecule is CSCC(C)N(C)C1=CC(=O)CC1. The lowest BCUT2D eigenvalue weighted by Crippen LogP contribution is -2.29. The number of nitrogens with zero attached hydrogens (tertiary/aromatic N) is 1. The van der Waals surface area contributed by atoms with Crippen molar-refractivity contribution in [3.63, 3.8) is 0 Å². The molecule has 1 aliphatic rings. The second kappa shape index (κ2) is 4.70. The van der Waals surface area contributed by atoms with E-state index in [0.717, 1.165) is 12.2 Å². The summed E-state index contributed by atoms with van der Waals surface area (Å²) in [4.78, 5) is 13.3. The van der Waals surface area contributed by atoms with E-state index in [2.05, 4.69) is 25.1 Å². The van der Waals surface area contributed by atoms with Crippen LogP contribution in [0.1, 0.15) is 19.8 Å². The summed E-state index contributed by atoms with van der Waals surface area (Å²) in [5.74, 6) is 1.39. The summed E-state index contributed by atoms with van der Waals surface area (Å²) in [7, 11) is 2.07. The summed E-state index contributed by atoms with van der Waals surface area (Å²) >= 11 is 1.84. The van der Waals surface area contributed by atoms with Crippen LogP contribution in [-0.2, 0) is 4.79 Å². The minimum Gasteiger partial charge on any atom is -0.374 e. The molecule has 0 N–H and O–H groups in total. The zero-order chi connectivity index (χ0) is 9.84. The predicted octanol–water partition coefficient (Wildman–Crippen LogP) is 1.92. The molecule has 1 atom stereocenters. The highest BCUT2D eigenvalue weighted by atomic mass is 32.2. The number of carbonyl (C=O) groups excluding carboxylic acids is 1. The van der Waals surface area contributed by atoms with Gasteiger partial charge in [-0.3, -0.25) is 4.79 Å². The Bertz CT molecular complexity index is 225. The van der Waals surface area contributed by atoms with Gasteiger partial charge in [-0.2, -0.15) is 11.8 Å². The molecular formula is C10H17NOS. The molecule has 0 aromatic heterocycles. The number of rotatable bonds is 4. The smallest absolute Gasteiger partial charge is 0.157 e. The first-order valence-corrected chi connectivity index (χ1v) is 5.99. The average molecular weight is 199 g/mol. The minimum atomic E-state index is 0.276. The Hall–Kier alpha value is -0.440. The Morgan fingerprint density at radius 2 is 2.31 bits per heavy atom. The van der Waals surface area contributed by atoms with Gasteiger partial charge in [0, 0.05) is 37.0 Å². The highest BCUT2D eigenvalue weighted by molar-refractivity contribution is 7.98. The third-order valence-electron chi connectivity index (χ3n) is 2.48. The van der Waals surface area contributed by atoms with Gasteiger partial charge in [0.25, 0.3) is 0 Å². The molecule has 0 radical (unpaired) electrons. The van der Waals surface area contributed by atoms with Gasteiger partial charge in [-0.05, 0) is 19.6 Å². The van der Waals surface area contributed by atoms with Crippen LogP contribution in [0.4, 0.5) is 0 Å². The Morgan fingerprint density at radius 3 is 2.77 bits per heavy atom. The van der Waals surface area contributed by atoms with Crippen LogP contribution in [0.5, 0.6) is 0 Å². The molecule has 0 heterocycles. The quantitative estimate of drug-likeness (QED) is 0.690. The van der Waals surface area contributed by atoms with Crippen LogP contribution < -0.4 is 0 Å². The Kier molecular flexibility index (Phi) is 3.85. The predicted molar refractivity (Wildman–Crippen MR) is 57.9 cm³/mol. The third-order valence-corrected chi connectivity index (χ3v) is 3.29. The van der Waals surface area contributed by atoms with Gasteiger partial charge in [0.1, 0.15) is 0 Å². The molecule has 0 aromatic rings. The van der Waals surface area contributed by atoms with Gasteiger partial charge in [0.2, 0.25) is 0 Å². The van der Waals surface area contributed by atoms with Crippen LogP contribution in [0.15, 0.2) is 11.8 Å². The molecule has 1 unspecified atom stereocenters. The number of carbonyl (C=O) groups is 1. The summed E-state index contributed by atoms with van der Waals surface area (Å²) < 4.78 is 0. The molecule has 0 spiro atoms. The van der Waals surface area contributed by atoms with Crippen LogP contribution >= 0.6 is 11.8 Å². The van der Waals surface area contributed by atoms with Crippen LogP contribution in [-0.4, -0.2) is 35.8 Å². The van der Waals surface area contributed by atoms with Gasteiger partial charge < -0.3 is 4.90 Å². The Morgan fingerprint density at radius 1 is 1.62 bits per heavy atom. The summed E-state index contributed by atoms with van der Waals surface area (Å²) in [6.07, 6.45) is 5.52. The zero-order valence-electron chi connectivity index (χ0n) is 8.54. The topological polar surface area (TPSA) is 20.3 Å². The normalized spacial score (nSPS) is 18.7. The average Bonchev–Trinajstić information content (AvgIpc) is 2.51. The Labute approximate surface area is 84.4 Å². The van der Waals surface area contributed by atoms with E-state index < -0.39 is 0 Å². The van der Waals surface area contributed by atoms with Crippen LogP contribution in [0.2, 0.25) is 0 Å². The molecule has 0 fully saturated rings. The first kappa shape index (κ1) is 10.6. The molecule has 0 bridgehead atoms. The molecule has 0 saturated carbocycles. The minimum absolute atomic E-state index is 0.276. The fourth-order valence-corrected chi connectivity index (χ4v) is 2.20. The molecule has 0 aliphatic heterocycles. The third kappa shape index (κ3) is 2.76. The maximum atomic E-state index is 11.0. The second-order valence-corrected chi connectivity index (χ2v) is 4.43. The molecule has 13 heavy (non-hydrogen) atoms. The van der Waals surface area contributed by atoms with Crippen molar-refractivity contribution in [2.24, 2.45) is 0 Å². The highest BCUT2D eigenvalue weighted by Crippen LogP contribution is 2.20. The fraction of sp³-hybridized carbons (Fsp3) is 0.700. The van der Waals surface area contributed by atoms with E-state index in [0.29, 0.717) is 12.5 Å². The highest BCUT2D eigenvalue weighted by Gasteiger charge is 2.18. The van der Waals surface area contributed by atoms with E-state index >= 15 is 0 Å². The molecule has 1 rings (SSSR count). The van der Waals surface area contributed by atoms with Crippen LogP contribution in [0.25, 0.3) is 0 Å². The van der Waals surface area contributed by atoms with Crippen molar-refractivity contribution in [1.82, 2.24) is 4.90 Å². The van der Waals surface area contributed by atoms with Gasteiger partial charge in [-0.25, -0.2) is 0 Å². The molecule has 0 amide bonds. The lowest BCUT2D eigenvalue weighted by molar-refractivity contribution is -0.114. The first-order valence-electron chi connectivity index (χ1n) is 4.60. The molecule has 74 valence electrons. The monoisotopic (exact) mass is 199 g/mol. The molecule has 2 nitrogen and oxygen atoms in total. The maximum absolute atomic E-state index is 11.0. The molecular weight excluding hydrogens is 182 g/mol. The van der Waals surface area contributed by atoms with Crippen molar-refractivity contribution < 1.29 is 4.79 Å². The van der Waals surface area contributed by atoms with Crippen molar-refractivity contribution in [3.8, 4) is 0 Å². The zero-order valence-corrected chi connectivity index (χ0v) is 9.36. The summed E-state index contributed by atoms with van der Waals surface area (Å²) in [5.41, 5.74) is 1.20. The van der Waals surface area contributed by atoms with Crippen molar-refractivity contribution in [2.45, 2.75) is 25.8 Å². The van der Waals surface area contributed by atoms with Crippen LogP contribution in [0.3, 0.4) is 0 Å². The maximum Gasteiger partial charge on any atom is 0.157 e. The van der Waals surface area contributed by atoms with Crippen molar-refractivity contribution >= 4 is 17.5 Å². The number of ketones is 1. The second-order valence-electron chi connectivity index (χ2n) is 3.52. The van der Waals surface area contributed by atoms with Crippen molar-refractivity contribution in [2.75, 3.05) is 19.1 Å². The van der Waals surface area contributed by atoms with Crippen molar-refractivity contribution in [3.05, 3.63) is 11.8 Å². The molecule has 0 aromatic carbocycles. The first-order chi connectivity index (χ1) is 6.15. The lowest BCUT2D eigenvalue weighted by Gasteiger charge is -2.27. The lowest BCUT2D eigenvalue weighted by atomic mass is 10.2. The van der Waals surface area contributed by atoms with E-state index in [-0.39, 0.29) is 5.78 Å². The van der Waals surface area contributed by atoms with E-state index in [1.165, 1.54) is 5.70 Å². The van der Waals surface area contributed by atoms with Gasteiger partial charge >= 0.3 is 0 Å². The molecule has 1 aliphatic carbocycles. The van der Waals surface area contributed by atoms with Crippen LogP contribution in [0, 0.1) is 0 Å². The van der Waals surface area contributed by atoms with Gasteiger partial charge in [0.15, 0.2) is 5.78 Å². The van der Waals surface area contributed by atoms with Gasteiger partial charge in [0.05, 0.1) is 0 Å². The number of thioether (sulfide) groups is 1. The number of allylic oxidation sites excluding steroid dienone is 2. The van der Waals surface area contributed by atoms with E-state index in [1.54, 1.807) is 6.08 Å². The largest absolute Gasteiger partial charge is 0.374 e. The summed E-state index contributed by atoms with van der Waals surface area (Å²) in [6.45, 7) is 2.19. The number of hydrogen-bond acceptors (Lipinski definition) is 3. The van der Waals surface area contributed by atoms with Crippen molar-refractivity contribution in [1.29, 1.82) is 0 Å². The number of hydrogen-bond donors (Lipinski definition) is 0. The summed E-state index contributed by atoms with van der Waals surface area (Å²) in [5, 5.41) is 0. The van der Waals surface area contributed by atoms with E-state index in [9.17, 15) is 4.79 Å².